The van der Waals surface area contributed by atoms with Gasteiger partial charge < -0.3 is 15.2 Å². The molecule has 1 fully saturated rings. The fraction of sp³-hybridized carbons (Fsp3) is 0.571. The van der Waals surface area contributed by atoms with Gasteiger partial charge in [-0.2, -0.15) is 0 Å². The van der Waals surface area contributed by atoms with Crippen molar-refractivity contribution < 1.29 is 9.47 Å². The van der Waals surface area contributed by atoms with Crippen molar-refractivity contribution in [3.8, 4) is 5.75 Å². The molecule has 2 unspecified atom stereocenters. The summed E-state index contributed by atoms with van der Waals surface area (Å²) in [6.45, 7) is 3.53. The molecule has 1 aliphatic rings. The van der Waals surface area contributed by atoms with Crippen LogP contribution in [0.1, 0.15) is 37.8 Å². The largest absolute Gasteiger partial charge is 0.494 e. The SMILES string of the molecule is CCOc1ccc(C(N)CC2CCCO2)c(Br)c1. The average Bonchev–Trinajstić information content (AvgIpc) is 2.82. The summed E-state index contributed by atoms with van der Waals surface area (Å²) >= 11 is 3.57. The summed E-state index contributed by atoms with van der Waals surface area (Å²) in [6.07, 6.45) is 3.48. The van der Waals surface area contributed by atoms with E-state index >= 15 is 0 Å². The normalized spacial score (nSPS) is 20.9. The first kappa shape index (κ1) is 13.8. The molecule has 18 heavy (non-hydrogen) atoms. The molecule has 0 bridgehead atoms. The standard InChI is InChI=1S/C14H20BrNO2/c1-2-17-11-5-6-12(13(15)8-11)14(16)9-10-4-3-7-18-10/h5-6,8,10,14H,2-4,7,9,16H2,1H3. The second-order valence-corrected chi connectivity index (χ2v) is 5.45. The van der Waals surface area contributed by atoms with Crippen LogP contribution in [-0.4, -0.2) is 19.3 Å². The van der Waals surface area contributed by atoms with E-state index in [1.165, 1.54) is 0 Å². The Morgan fingerprint density at radius 1 is 1.56 bits per heavy atom. The van der Waals surface area contributed by atoms with Crippen LogP contribution in [0.2, 0.25) is 0 Å². The summed E-state index contributed by atoms with van der Waals surface area (Å²) in [5.74, 6) is 0.873. The highest BCUT2D eigenvalue weighted by Crippen LogP contribution is 2.30. The van der Waals surface area contributed by atoms with Gasteiger partial charge in [0.25, 0.3) is 0 Å². The number of rotatable bonds is 5. The first-order valence-corrected chi connectivity index (χ1v) is 7.29. The number of benzene rings is 1. The monoisotopic (exact) mass is 313 g/mol. The summed E-state index contributed by atoms with van der Waals surface area (Å²) in [4.78, 5) is 0. The minimum absolute atomic E-state index is 0.0122. The first-order chi connectivity index (χ1) is 8.70. The third-order valence-electron chi connectivity index (χ3n) is 3.22. The highest BCUT2D eigenvalue weighted by Gasteiger charge is 2.20. The van der Waals surface area contributed by atoms with Crippen LogP contribution in [0.5, 0.6) is 5.75 Å². The molecule has 1 aliphatic heterocycles. The summed E-state index contributed by atoms with van der Waals surface area (Å²) < 4.78 is 12.1. The van der Waals surface area contributed by atoms with Crippen molar-refractivity contribution in [1.29, 1.82) is 0 Å². The van der Waals surface area contributed by atoms with E-state index in [-0.39, 0.29) is 6.04 Å². The number of ether oxygens (including phenoxy) is 2. The zero-order valence-corrected chi connectivity index (χ0v) is 12.3. The lowest BCUT2D eigenvalue weighted by Crippen LogP contribution is -2.18. The molecule has 1 aromatic carbocycles. The Labute approximate surface area is 117 Å². The van der Waals surface area contributed by atoms with Gasteiger partial charge in [0.2, 0.25) is 0 Å². The summed E-state index contributed by atoms with van der Waals surface area (Å²) in [7, 11) is 0. The summed E-state index contributed by atoms with van der Waals surface area (Å²) in [5, 5.41) is 0. The smallest absolute Gasteiger partial charge is 0.120 e. The second kappa shape index (κ2) is 6.55. The molecule has 4 heteroatoms. The van der Waals surface area contributed by atoms with Crippen molar-refractivity contribution in [2.75, 3.05) is 13.2 Å². The van der Waals surface area contributed by atoms with E-state index in [9.17, 15) is 0 Å². The Balaban J connectivity index is 2.02. The predicted octanol–water partition coefficient (Wildman–Crippen LogP) is 3.42. The van der Waals surface area contributed by atoms with Crippen molar-refractivity contribution in [2.45, 2.75) is 38.3 Å². The molecule has 2 rings (SSSR count). The van der Waals surface area contributed by atoms with Gasteiger partial charge in [0, 0.05) is 17.1 Å². The molecule has 0 saturated carbocycles. The maximum Gasteiger partial charge on any atom is 0.120 e. The van der Waals surface area contributed by atoms with Gasteiger partial charge in [0.1, 0.15) is 5.75 Å². The van der Waals surface area contributed by atoms with Crippen LogP contribution in [0.15, 0.2) is 22.7 Å². The van der Waals surface area contributed by atoms with Gasteiger partial charge in [-0.05, 0) is 43.9 Å². The second-order valence-electron chi connectivity index (χ2n) is 4.59. The van der Waals surface area contributed by atoms with Gasteiger partial charge in [-0.15, -0.1) is 0 Å². The highest BCUT2D eigenvalue weighted by atomic mass is 79.9. The zero-order valence-electron chi connectivity index (χ0n) is 10.7. The minimum atomic E-state index is 0.0122. The maximum atomic E-state index is 6.25. The number of nitrogens with two attached hydrogens (primary N) is 1. The summed E-state index contributed by atoms with van der Waals surface area (Å²) in [6, 6.07) is 6.00. The van der Waals surface area contributed by atoms with E-state index in [0.717, 1.165) is 41.7 Å². The Hall–Kier alpha value is -0.580. The number of hydrogen-bond acceptors (Lipinski definition) is 3. The van der Waals surface area contributed by atoms with E-state index < -0.39 is 0 Å². The molecule has 0 aromatic heterocycles. The number of hydrogen-bond donors (Lipinski definition) is 1. The molecule has 1 aromatic rings. The van der Waals surface area contributed by atoms with Crippen molar-refractivity contribution in [2.24, 2.45) is 5.73 Å². The number of halogens is 1. The van der Waals surface area contributed by atoms with Crippen LogP contribution in [-0.2, 0) is 4.74 Å². The Bertz CT molecular complexity index is 391. The maximum absolute atomic E-state index is 6.25. The summed E-state index contributed by atoms with van der Waals surface area (Å²) in [5.41, 5.74) is 7.37. The van der Waals surface area contributed by atoms with E-state index in [2.05, 4.69) is 15.9 Å². The molecule has 100 valence electrons. The molecule has 3 nitrogen and oxygen atoms in total. The van der Waals surface area contributed by atoms with Gasteiger partial charge >= 0.3 is 0 Å². The molecule has 1 heterocycles. The van der Waals surface area contributed by atoms with Gasteiger partial charge in [-0.1, -0.05) is 22.0 Å². The van der Waals surface area contributed by atoms with Gasteiger partial charge in [0.05, 0.1) is 12.7 Å². The van der Waals surface area contributed by atoms with Crippen LogP contribution < -0.4 is 10.5 Å². The molecular formula is C14H20BrNO2. The van der Waals surface area contributed by atoms with Gasteiger partial charge in [-0.25, -0.2) is 0 Å². The third-order valence-corrected chi connectivity index (χ3v) is 3.91. The lowest BCUT2D eigenvalue weighted by Gasteiger charge is -2.18. The van der Waals surface area contributed by atoms with Crippen LogP contribution >= 0.6 is 15.9 Å². The molecule has 0 aliphatic carbocycles. The Kier molecular flexibility index (Phi) is 5.03. The van der Waals surface area contributed by atoms with Gasteiger partial charge in [-0.3, -0.25) is 0 Å². The van der Waals surface area contributed by atoms with Crippen molar-refractivity contribution in [3.63, 3.8) is 0 Å². The Morgan fingerprint density at radius 2 is 2.39 bits per heavy atom. The van der Waals surface area contributed by atoms with Gasteiger partial charge in [0.15, 0.2) is 0 Å². The molecular weight excluding hydrogens is 294 g/mol. The fourth-order valence-corrected chi connectivity index (χ4v) is 2.96. The van der Waals surface area contributed by atoms with Crippen LogP contribution in [0.25, 0.3) is 0 Å². The lowest BCUT2D eigenvalue weighted by molar-refractivity contribution is 0.0983. The molecule has 0 amide bonds. The van der Waals surface area contributed by atoms with Crippen molar-refractivity contribution in [1.82, 2.24) is 0 Å². The average molecular weight is 314 g/mol. The third kappa shape index (κ3) is 3.46. The minimum Gasteiger partial charge on any atom is -0.494 e. The van der Waals surface area contributed by atoms with Crippen molar-refractivity contribution in [3.05, 3.63) is 28.2 Å². The van der Waals surface area contributed by atoms with Crippen LogP contribution in [0.4, 0.5) is 0 Å². The Morgan fingerprint density at radius 3 is 3.00 bits per heavy atom. The first-order valence-electron chi connectivity index (χ1n) is 6.50. The fourth-order valence-electron chi connectivity index (χ4n) is 2.31. The topological polar surface area (TPSA) is 44.5 Å². The quantitative estimate of drug-likeness (QED) is 0.906. The van der Waals surface area contributed by atoms with E-state index in [1.54, 1.807) is 0 Å². The van der Waals surface area contributed by atoms with Crippen LogP contribution in [0, 0.1) is 0 Å². The predicted molar refractivity (Wildman–Crippen MR) is 75.8 cm³/mol. The molecule has 2 N–H and O–H groups in total. The van der Waals surface area contributed by atoms with E-state index in [1.807, 2.05) is 25.1 Å². The lowest BCUT2D eigenvalue weighted by atomic mass is 10.00. The molecule has 1 saturated heterocycles. The molecule has 0 radical (unpaired) electrons. The van der Waals surface area contributed by atoms with E-state index in [0.29, 0.717) is 12.7 Å². The van der Waals surface area contributed by atoms with Crippen molar-refractivity contribution >= 4 is 15.9 Å². The zero-order chi connectivity index (χ0) is 13.0. The molecule has 2 atom stereocenters. The van der Waals surface area contributed by atoms with Crippen LogP contribution in [0.3, 0.4) is 0 Å². The highest BCUT2D eigenvalue weighted by molar-refractivity contribution is 9.10. The van der Waals surface area contributed by atoms with E-state index in [4.69, 9.17) is 15.2 Å². The molecule has 0 spiro atoms.